The van der Waals surface area contributed by atoms with E-state index in [-0.39, 0.29) is 5.78 Å². The van der Waals surface area contributed by atoms with Crippen molar-refractivity contribution in [2.75, 3.05) is 26.7 Å². The molecule has 1 aromatic rings. The Balaban J connectivity index is 1.63. The van der Waals surface area contributed by atoms with Gasteiger partial charge in [-0.3, -0.25) is 9.59 Å². The molecule has 0 saturated carbocycles. The lowest BCUT2D eigenvalue weighted by Crippen LogP contribution is -2.46. The van der Waals surface area contributed by atoms with Crippen LogP contribution >= 0.6 is 0 Å². The summed E-state index contributed by atoms with van der Waals surface area (Å²) < 4.78 is 5.30. The number of ketones is 1. The highest BCUT2D eigenvalue weighted by atomic mass is 16.5. The summed E-state index contributed by atoms with van der Waals surface area (Å²) in [5.74, 6) is -0.568. The van der Waals surface area contributed by atoms with Gasteiger partial charge in [0.1, 0.15) is 17.5 Å². The highest BCUT2D eigenvalue weighted by Gasteiger charge is 2.33. The Kier molecular flexibility index (Phi) is 4.66. The summed E-state index contributed by atoms with van der Waals surface area (Å²) in [6, 6.07) is 6.26. The van der Waals surface area contributed by atoms with Gasteiger partial charge in [0.15, 0.2) is 0 Å². The number of Topliss-reactive ketones (excluding diaryl/α,β-unsaturated/α-hetero) is 1. The summed E-state index contributed by atoms with van der Waals surface area (Å²) in [5, 5.41) is 9.16. The van der Waals surface area contributed by atoms with E-state index in [0.29, 0.717) is 25.4 Å². The van der Waals surface area contributed by atoms with Crippen molar-refractivity contribution in [3.05, 3.63) is 29.3 Å². The fourth-order valence-corrected chi connectivity index (χ4v) is 3.73. The Morgan fingerprint density at radius 2 is 2.17 bits per heavy atom. The monoisotopic (exact) mass is 317 g/mol. The Hall–Kier alpha value is -1.88. The number of ether oxygens (including phenoxy) is 1. The molecule has 5 heteroatoms. The molecule has 0 radical (unpaired) electrons. The molecule has 1 N–H and O–H groups in total. The molecule has 0 amide bonds. The molecule has 2 atom stereocenters. The number of piperidine rings is 1. The number of hydrogen-bond acceptors (Lipinski definition) is 4. The molecule has 2 aliphatic rings. The summed E-state index contributed by atoms with van der Waals surface area (Å²) >= 11 is 0. The second kappa shape index (κ2) is 6.71. The van der Waals surface area contributed by atoms with Gasteiger partial charge in [-0.1, -0.05) is 6.07 Å². The number of likely N-dealkylation sites (tertiary alicyclic amines) is 1. The molecule has 1 aromatic carbocycles. The predicted octanol–water partition coefficient (Wildman–Crippen LogP) is 1.78. The third-order valence-corrected chi connectivity index (χ3v) is 5.06. The van der Waals surface area contributed by atoms with E-state index in [1.807, 2.05) is 6.07 Å². The first kappa shape index (κ1) is 16.0. The third kappa shape index (κ3) is 3.55. The minimum atomic E-state index is -0.988. The summed E-state index contributed by atoms with van der Waals surface area (Å²) in [4.78, 5) is 25.0. The molecular weight excluding hydrogens is 294 g/mol. The van der Waals surface area contributed by atoms with Crippen molar-refractivity contribution in [1.82, 2.24) is 4.90 Å². The predicted molar refractivity (Wildman–Crippen MR) is 85.7 cm³/mol. The number of carboxylic acid groups (broad SMARTS) is 1. The zero-order valence-corrected chi connectivity index (χ0v) is 13.5. The van der Waals surface area contributed by atoms with Crippen LogP contribution in [0, 0.1) is 11.8 Å². The number of methoxy groups -OCH3 is 1. The van der Waals surface area contributed by atoms with Crippen LogP contribution in [0.5, 0.6) is 5.75 Å². The molecule has 2 unspecified atom stereocenters. The quantitative estimate of drug-likeness (QED) is 0.857. The summed E-state index contributed by atoms with van der Waals surface area (Å²) in [7, 11) is 1.68. The molecule has 5 nitrogen and oxygen atoms in total. The highest BCUT2D eigenvalue weighted by Crippen LogP contribution is 2.29. The molecule has 124 valence electrons. The lowest BCUT2D eigenvalue weighted by molar-refractivity contribution is -0.149. The van der Waals surface area contributed by atoms with Crippen molar-refractivity contribution in [3.63, 3.8) is 0 Å². The van der Waals surface area contributed by atoms with Crippen LogP contribution in [-0.2, 0) is 22.4 Å². The largest absolute Gasteiger partial charge is 0.497 e. The highest BCUT2D eigenvalue weighted by molar-refractivity contribution is 5.99. The number of aryl methyl sites for hydroxylation is 1. The van der Waals surface area contributed by atoms with E-state index in [4.69, 9.17) is 9.84 Å². The van der Waals surface area contributed by atoms with Crippen molar-refractivity contribution in [2.45, 2.75) is 25.7 Å². The topological polar surface area (TPSA) is 66.8 Å². The fraction of sp³-hybridized carbons (Fsp3) is 0.556. The first-order valence-electron chi connectivity index (χ1n) is 8.20. The summed E-state index contributed by atoms with van der Waals surface area (Å²) in [6.45, 7) is 1.91. The van der Waals surface area contributed by atoms with Crippen LogP contribution in [-0.4, -0.2) is 48.5 Å². The van der Waals surface area contributed by atoms with Crippen LogP contribution in [0.25, 0.3) is 0 Å². The van der Waals surface area contributed by atoms with Crippen LogP contribution in [0.3, 0.4) is 0 Å². The minimum absolute atomic E-state index is 0.132. The third-order valence-electron chi connectivity index (χ3n) is 5.06. The summed E-state index contributed by atoms with van der Waals surface area (Å²) in [6.07, 6.45) is 3.52. The molecule has 1 saturated heterocycles. The van der Waals surface area contributed by atoms with Gasteiger partial charge in [-0.15, -0.1) is 0 Å². The SMILES string of the molecule is COc1ccc2c(c1)CC(CN1CCC(=O)C(C(=O)O)C1)CC2. The van der Waals surface area contributed by atoms with Gasteiger partial charge in [-0.2, -0.15) is 0 Å². The minimum Gasteiger partial charge on any atom is -0.497 e. The number of carbonyl (C=O) groups excluding carboxylic acids is 1. The van der Waals surface area contributed by atoms with Crippen molar-refractivity contribution in [3.8, 4) is 5.75 Å². The van der Waals surface area contributed by atoms with Crippen LogP contribution < -0.4 is 4.74 Å². The van der Waals surface area contributed by atoms with Gasteiger partial charge >= 0.3 is 5.97 Å². The van der Waals surface area contributed by atoms with Crippen LogP contribution in [0.1, 0.15) is 24.0 Å². The van der Waals surface area contributed by atoms with Crippen LogP contribution in [0.2, 0.25) is 0 Å². The van der Waals surface area contributed by atoms with Gasteiger partial charge in [0.2, 0.25) is 0 Å². The van der Waals surface area contributed by atoms with E-state index >= 15 is 0 Å². The number of rotatable bonds is 4. The molecule has 0 bridgehead atoms. The average Bonchev–Trinajstić information content (AvgIpc) is 2.55. The molecule has 1 fully saturated rings. The Bertz CT molecular complexity index is 613. The number of benzene rings is 1. The second-order valence-corrected chi connectivity index (χ2v) is 6.61. The molecule has 0 aromatic heterocycles. The number of carboxylic acids is 1. The second-order valence-electron chi connectivity index (χ2n) is 6.61. The number of fused-ring (bicyclic) bond motifs is 1. The van der Waals surface area contributed by atoms with Crippen molar-refractivity contribution in [2.24, 2.45) is 11.8 Å². The van der Waals surface area contributed by atoms with Gasteiger partial charge < -0.3 is 14.7 Å². The van der Waals surface area contributed by atoms with Gasteiger partial charge in [-0.25, -0.2) is 0 Å². The average molecular weight is 317 g/mol. The fourth-order valence-electron chi connectivity index (χ4n) is 3.73. The molecular formula is C18H23NO4. The van der Waals surface area contributed by atoms with Crippen molar-refractivity contribution < 1.29 is 19.4 Å². The smallest absolute Gasteiger partial charge is 0.315 e. The number of aliphatic carboxylic acids is 1. The maximum atomic E-state index is 11.7. The summed E-state index contributed by atoms with van der Waals surface area (Å²) in [5.41, 5.74) is 2.72. The van der Waals surface area contributed by atoms with E-state index < -0.39 is 11.9 Å². The zero-order chi connectivity index (χ0) is 16.4. The van der Waals surface area contributed by atoms with Gasteiger partial charge in [-0.05, 0) is 48.4 Å². The maximum Gasteiger partial charge on any atom is 0.315 e. The first-order chi connectivity index (χ1) is 11.1. The molecule has 23 heavy (non-hydrogen) atoms. The zero-order valence-electron chi connectivity index (χ0n) is 13.5. The van der Waals surface area contributed by atoms with Gasteiger partial charge in [0.25, 0.3) is 0 Å². The number of hydrogen-bond donors (Lipinski definition) is 1. The first-order valence-corrected chi connectivity index (χ1v) is 8.20. The standard InChI is InChI=1S/C18H23NO4/c1-23-15-5-4-13-3-2-12(8-14(13)9-15)10-19-7-6-17(20)16(11-19)18(21)22/h4-5,9,12,16H,2-3,6-8,10-11H2,1H3,(H,21,22). The molecule has 3 rings (SSSR count). The van der Waals surface area contributed by atoms with Gasteiger partial charge in [0.05, 0.1) is 7.11 Å². The number of carbonyl (C=O) groups is 2. The molecule has 1 aliphatic carbocycles. The Labute approximate surface area is 136 Å². The van der Waals surface area contributed by atoms with Crippen LogP contribution in [0.15, 0.2) is 18.2 Å². The van der Waals surface area contributed by atoms with E-state index in [9.17, 15) is 9.59 Å². The van der Waals surface area contributed by atoms with Crippen molar-refractivity contribution in [1.29, 1.82) is 0 Å². The number of nitrogens with zero attached hydrogens (tertiary/aromatic N) is 1. The van der Waals surface area contributed by atoms with E-state index in [2.05, 4.69) is 17.0 Å². The van der Waals surface area contributed by atoms with E-state index in [0.717, 1.165) is 31.6 Å². The lowest BCUT2D eigenvalue weighted by atomic mass is 9.83. The Morgan fingerprint density at radius 3 is 2.91 bits per heavy atom. The van der Waals surface area contributed by atoms with Gasteiger partial charge in [0, 0.05) is 26.1 Å². The molecule has 1 aliphatic heterocycles. The van der Waals surface area contributed by atoms with E-state index in [1.165, 1.54) is 11.1 Å². The normalized spacial score (nSPS) is 25.0. The van der Waals surface area contributed by atoms with E-state index in [1.54, 1.807) is 7.11 Å². The Morgan fingerprint density at radius 1 is 1.35 bits per heavy atom. The lowest BCUT2D eigenvalue weighted by Gasteiger charge is -2.34. The van der Waals surface area contributed by atoms with Crippen molar-refractivity contribution >= 4 is 11.8 Å². The van der Waals surface area contributed by atoms with Crippen LogP contribution in [0.4, 0.5) is 0 Å². The molecule has 0 spiro atoms. The maximum absolute atomic E-state index is 11.7. The molecule has 1 heterocycles.